The number of carbonyl (C=O) groups is 1. The smallest absolute Gasteiger partial charge is 0.228 e. The average molecular weight is 468 g/mol. The fourth-order valence-corrected chi connectivity index (χ4v) is 3.42. The first-order valence-corrected chi connectivity index (χ1v) is 11.8. The minimum Gasteiger partial charge on any atom is -0.362 e. The second-order valence-electron chi connectivity index (χ2n) is 7.48. The molecule has 0 spiro atoms. The lowest BCUT2D eigenvalue weighted by Crippen LogP contribution is -2.49. The molecule has 166 valence electrons. The van der Waals surface area contributed by atoms with Crippen molar-refractivity contribution in [1.82, 2.24) is 5.32 Å². The summed E-state index contributed by atoms with van der Waals surface area (Å²) in [5.41, 5.74) is 0.553. The SMILES string of the molecule is CCCCCCCCCCCCCC(=O)N[C@@H](Nc1ccc(F)cc1)C(Cl)(Cl)Cl. The number of alkyl halides is 3. The number of rotatable bonds is 15. The largest absolute Gasteiger partial charge is 0.362 e. The van der Waals surface area contributed by atoms with E-state index in [4.69, 9.17) is 34.8 Å². The van der Waals surface area contributed by atoms with Crippen LogP contribution >= 0.6 is 34.8 Å². The summed E-state index contributed by atoms with van der Waals surface area (Å²) in [5, 5.41) is 5.64. The summed E-state index contributed by atoms with van der Waals surface area (Å²) >= 11 is 17.9. The lowest BCUT2D eigenvalue weighted by atomic mass is 10.1. The third-order valence-electron chi connectivity index (χ3n) is 4.80. The van der Waals surface area contributed by atoms with Gasteiger partial charge in [0.05, 0.1) is 0 Å². The number of nitrogens with one attached hydrogen (secondary N) is 2. The normalized spacial score (nSPS) is 12.6. The van der Waals surface area contributed by atoms with E-state index in [9.17, 15) is 9.18 Å². The molecule has 1 amide bonds. The Hall–Kier alpha value is -0.710. The molecule has 3 nitrogen and oxygen atoms in total. The zero-order chi connectivity index (χ0) is 21.5. The molecule has 29 heavy (non-hydrogen) atoms. The first-order valence-electron chi connectivity index (χ1n) is 10.7. The Bertz CT molecular complexity index is 564. The molecule has 0 aliphatic rings. The van der Waals surface area contributed by atoms with Gasteiger partial charge in [-0.15, -0.1) is 0 Å². The van der Waals surface area contributed by atoms with E-state index in [0.717, 1.165) is 19.3 Å². The zero-order valence-corrected chi connectivity index (χ0v) is 19.6. The number of amides is 1. The molecule has 0 radical (unpaired) electrons. The first-order chi connectivity index (χ1) is 13.8. The van der Waals surface area contributed by atoms with E-state index >= 15 is 0 Å². The van der Waals surface area contributed by atoms with Crippen LogP contribution < -0.4 is 10.6 Å². The minimum atomic E-state index is -1.73. The summed E-state index contributed by atoms with van der Waals surface area (Å²) in [6, 6.07) is 5.64. The molecular weight excluding hydrogens is 434 g/mol. The van der Waals surface area contributed by atoms with Crippen molar-refractivity contribution in [2.24, 2.45) is 0 Å². The zero-order valence-electron chi connectivity index (χ0n) is 17.3. The van der Waals surface area contributed by atoms with Gasteiger partial charge in [-0.05, 0) is 30.7 Å². The molecule has 0 bridgehead atoms. The van der Waals surface area contributed by atoms with Crippen molar-refractivity contribution in [3.8, 4) is 0 Å². The van der Waals surface area contributed by atoms with E-state index in [1.54, 1.807) is 0 Å². The molecule has 0 unspecified atom stereocenters. The second kappa shape index (κ2) is 15.1. The van der Waals surface area contributed by atoms with E-state index in [1.807, 2.05) is 0 Å². The second-order valence-corrected chi connectivity index (χ2v) is 9.85. The van der Waals surface area contributed by atoms with Gasteiger partial charge in [0.1, 0.15) is 12.0 Å². The van der Waals surface area contributed by atoms with E-state index in [2.05, 4.69) is 17.6 Å². The molecule has 1 aromatic carbocycles. The van der Waals surface area contributed by atoms with Gasteiger partial charge in [0, 0.05) is 12.1 Å². The van der Waals surface area contributed by atoms with Gasteiger partial charge < -0.3 is 10.6 Å². The standard InChI is InChI=1S/C22H34Cl3FN2O/c1-2-3-4-5-6-7-8-9-10-11-12-13-20(29)28-21(22(23,24)25)27-19-16-14-18(26)15-17-19/h14-17,21,27H,2-13H2,1H3,(H,28,29)/t21-/m1/s1. The molecule has 1 aromatic rings. The Morgan fingerprint density at radius 3 is 1.86 bits per heavy atom. The van der Waals surface area contributed by atoms with Crippen LogP contribution in [0.2, 0.25) is 0 Å². The molecule has 2 N–H and O–H groups in total. The fourth-order valence-electron chi connectivity index (χ4n) is 3.10. The highest BCUT2D eigenvalue weighted by atomic mass is 35.6. The molecule has 0 fully saturated rings. The molecule has 0 saturated heterocycles. The Kier molecular flexibility index (Phi) is 13.7. The van der Waals surface area contributed by atoms with Crippen LogP contribution in [0.1, 0.15) is 84.0 Å². The maximum atomic E-state index is 13.0. The van der Waals surface area contributed by atoms with Crippen LogP contribution in [0.15, 0.2) is 24.3 Å². The molecule has 1 rings (SSSR count). The Balaban J connectivity index is 2.19. The number of benzene rings is 1. The van der Waals surface area contributed by atoms with Crippen LogP contribution in [0.5, 0.6) is 0 Å². The van der Waals surface area contributed by atoms with Gasteiger partial charge in [-0.2, -0.15) is 0 Å². The molecular formula is C22H34Cl3FN2O. The van der Waals surface area contributed by atoms with Crippen molar-refractivity contribution in [1.29, 1.82) is 0 Å². The predicted octanol–water partition coefficient (Wildman–Crippen LogP) is 7.75. The Morgan fingerprint density at radius 1 is 0.897 bits per heavy atom. The van der Waals surface area contributed by atoms with E-state index in [-0.39, 0.29) is 11.7 Å². The summed E-state index contributed by atoms with van der Waals surface area (Å²) in [4.78, 5) is 12.2. The van der Waals surface area contributed by atoms with Crippen LogP contribution in [0.4, 0.5) is 10.1 Å². The molecule has 0 heterocycles. The van der Waals surface area contributed by atoms with Crippen molar-refractivity contribution in [2.45, 2.75) is 93.9 Å². The summed E-state index contributed by atoms with van der Waals surface area (Å²) in [5.74, 6) is -0.534. The highest BCUT2D eigenvalue weighted by Crippen LogP contribution is 2.31. The lowest BCUT2D eigenvalue weighted by molar-refractivity contribution is -0.121. The maximum Gasteiger partial charge on any atom is 0.228 e. The highest BCUT2D eigenvalue weighted by Gasteiger charge is 2.33. The van der Waals surface area contributed by atoms with Crippen molar-refractivity contribution >= 4 is 46.4 Å². The third-order valence-corrected chi connectivity index (χ3v) is 5.45. The van der Waals surface area contributed by atoms with Crippen LogP contribution in [0.3, 0.4) is 0 Å². The molecule has 1 atom stereocenters. The van der Waals surface area contributed by atoms with Crippen LogP contribution in [-0.2, 0) is 4.79 Å². The lowest BCUT2D eigenvalue weighted by Gasteiger charge is -2.27. The number of hydrogen-bond acceptors (Lipinski definition) is 2. The molecule has 0 aliphatic carbocycles. The van der Waals surface area contributed by atoms with Gasteiger partial charge in [0.2, 0.25) is 9.70 Å². The third kappa shape index (κ3) is 13.3. The predicted molar refractivity (Wildman–Crippen MR) is 123 cm³/mol. The van der Waals surface area contributed by atoms with Crippen molar-refractivity contribution in [3.05, 3.63) is 30.1 Å². The Labute approximate surface area is 190 Å². The number of anilines is 1. The quantitative estimate of drug-likeness (QED) is 0.157. The summed E-state index contributed by atoms with van der Waals surface area (Å²) in [6.07, 6.45) is 12.9. The van der Waals surface area contributed by atoms with Gasteiger partial charge in [0.15, 0.2) is 0 Å². The molecule has 0 aliphatic heterocycles. The van der Waals surface area contributed by atoms with Gasteiger partial charge in [-0.25, -0.2) is 4.39 Å². The van der Waals surface area contributed by atoms with Gasteiger partial charge in [0.25, 0.3) is 0 Å². The summed E-state index contributed by atoms with van der Waals surface area (Å²) in [6.45, 7) is 2.24. The van der Waals surface area contributed by atoms with Crippen LogP contribution in [-0.4, -0.2) is 15.9 Å². The Morgan fingerprint density at radius 2 is 1.38 bits per heavy atom. The molecule has 0 aromatic heterocycles. The van der Waals surface area contributed by atoms with E-state index in [0.29, 0.717) is 12.1 Å². The van der Waals surface area contributed by atoms with Gasteiger partial charge >= 0.3 is 0 Å². The average Bonchev–Trinajstić information content (AvgIpc) is 2.66. The summed E-state index contributed by atoms with van der Waals surface area (Å²) in [7, 11) is 0. The topological polar surface area (TPSA) is 41.1 Å². The number of unbranched alkanes of at least 4 members (excludes halogenated alkanes) is 10. The maximum absolute atomic E-state index is 13.0. The minimum absolute atomic E-state index is 0.174. The first kappa shape index (κ1) is 26.3. The van der Waals surface area contributed by atoms with E-state index < -0.39 is 9.96 Å². The van der Waals surface area contributed by atoms with Crippen LogP contribution in [0, 0.1) is 5.82 Å². The van der Waals surface area contributed by atoms with Gasteiger partial charge in [-0.1, -0.05) is 106 Å². The molecule has 0 saturated carbocycles. The van der Waals surface area contributed by atoms with E-state index in [1.165, 1.54) is 75.6 Å². The molecule has 7 heteroatoms. The van der Waals surface area contributed by atoms with Gasteiger partial charge in [-0.3, -0.25) is 4.79 Å². The fraction of sp³-hybridized carbons (Fsp3) is 0.682. The summed E-state index contributed by atoms with van der Waals surface area (Å²) < 4.78 is 11.3. The van der Waals surface area contributed by atoms with Crippen molar-refractivity contribution < 1.29 is 9.18 Å². The van der Waals surface area contributed by atoms with Crippen molar-refractivity contribution in [2.75, 3.05) is 5.32 Å². The number of carbonyl (C=O) groups excluding carboxylic acids is 1. The van der Waals surface area contributed by atoms with Crippen molar-refractivity contribution in [3.63, 3.8) is 0 Å². The number of halogens is 4. The monoisotopic (exact) mass is 466 g/mol. The van der Waals surface area contributed by atoms with Crippen LogP contribution in [0.25, 0.3) is 0 Å². The highest BCUT2D eigenvalue weighted by molar-refractivity contribution is 6.68. The number of hydrogen-bond donors (Lipinski definition) is 2.